The van der Waals surface area contributed by atoms with Crippen LogP contribution in [-0.2, 0) is 9.53 Å². The zero-order valence-corrected chi connectivity index (χ0v) is 7.26. The van der Waals surface area contributed by atoms with Crippen molar-refractivity contribution in [2.75, 3.05) is 0 Å². The molecular formula is C8H15FO2. The molecule has 66 valence electrons. The molecule has 0 rings (SSSR count). The molecule has 0 saturated heterocycles. The van der Waals surface area contributed by atoms with Crippen LogP contribution in [0.1, 0.15) is 33.6 Å². The minimum Gasteiger partial charge on any atom is -0.463 e. The lowest BCUT2D eigenvalue weighted by atomic mass is 10.2. The van der Waals surface area contributed by atoms with E-state index in [0.717, 1.165) is 0 Å². The Morgan fingerprint density at radius 1 is 1.55 bits per heavy atom. The first-order valence-electron chi connectivity index (χ1n) is 3.89. The minimum atomic E-state index is -1.05. The zero-order chi connectivity index (χ0) is 8.85. The number of hydrogen-bond acceptors (Lipinski definition) is 2. The van der Waals surface area contributed by atoms with Crippen molar-refractivity contribution in [1.82, 2.24) is 0 Å². The Labute approximate surface area is 66.7 Å². The number of carbonyl (C=O) groups excluding carboxylic acids is 1. The highest BCUT2D eigenvalue weighted by Crippen LogP contribution is 2.04. The monoisotopic (exact) mass is 162 g/mol. The fourth-order valence-electron chi connectivity index (χ4n) is 0.636. The van der Waals surface area contributed by atoms with Crippen molar-refractivity contribution in [1.29, 1.82) is 0 Å². The molecule has 0 aromatic carbocycles. The standard InChI is InChI=1S/C8H15FO2/c1-4-7(9)5-8(10)11-6(2)3/h6-7H,4-5H2,1-3H3/t7-/m0/s1. The molecule has 0 aromatic heterocycles. The Morgan fingerprint density at radius 3 is 2.45 bits per heavy atom. The van der Waals surface area contributed by atoms with E-state index in [-0.39, 0.29) is 12.5 Å². The predicted octanol–water partition coefficient (Wildman–Crippen LogP) is 2.08. The summed E-state index contributed by atoms with van der Waals surface area (Å²) in [5, 5.41) is 0. The van der Waals surface area contributed by atoms with Gasteiger partial charge in [0.15, 0.2) is 0 Å². The number of esters is 1. The molecule has 0 fully saturated rings. The molecule has 0 saturated carbocycles. The van der Waals surface area contributed by atoms with Crippen LogP contribution in [0.25, 0.3) is 0 Å². The van der Waals surface area contributed by atoms with Crippen LogP contribution in [0.4, 0.5) is 4.39 Å². The van der Waals surface area contributed by atoms with Gasteiger partial charge in [0.1, 0.15) is 6.17 Å². The maximum absolute atomic E-state index is 12.5. The molecule has 0 aliphatic rings. The van der Waals surface area contributed by atoms with Gasteiger partial charge in [-0.1, -0.05) is 6.92 Å². The van der Waals surface area contributed by atoms with Crippen molar-refractivity contribution in [2.45, 2.75) is 45.9 Å². The van der Waals surface area contributed by atoms with E-state index in [2.05, 4.69) is 0 Å². The largest absolute Gasteiger partial charge is 0.463 e. The van der Waals surface area contributed by atoms with Gasteiger partial charge >= 0.3 is 5.97 Å². The van der Waals surface area contributed by atoms with Crippen LogP contribution >= 0.6 is 0 Å². The highest BCUT2D eigenvalue weighted by Gasteiger charge is 2.12. The summed E-state index contributed by atoms with van der Waals surface area (Å²) >= 11 is 0. The third kappa shape index (κ3) is 5.83. The van der Waals surface area contributed by atoms with Crippen LogP contribution in [0.2, 0.25) is 0 Å². The lowest BCUT2D eigenvalue weighted by molar-refractivity contribution is -0.148. The summed E-state index contributed by atoms with van der Waals surface area (Å²) in [5.41, 5.74) is 0. The predicted molar refractivity (Wildman–Crippen MR) is 41.0 cm³/mol. The van der Waals surface area contributed by atoms with Gasteiger partial charge in [-0.25, -0.2) is 4.39 Å². The molecular weight excluding hydrogens is 147 g/mol. The minimum absolute atomic E-state index is 0.116. The molecule has 0 spiro atoms. The molecule has 0 aliphatic heterocycles. The maximum atomic E-state index is 12.5. The Morgan fingerprint density at radius 2 is 2.09 bits per heavy atom. The topological polar surface area (TPSA) is 26.3 Å². The summed E-state index contributed by atoms with van der Waals surface area (Å²) in [5.74, 6) is -0.450. The molecule has 3 heteroatoms. The summed E-state index contributed by atoms with van der Waals surface area (Å²) in [7, 11) is 0. The van der Waals surface area contributed by atoms with Crippen LogP contribution in [0.5, 0.6) is 0 Å². The van der Waals surface area contributed by atoms with Gasteiger partial charge in [-0.05, 0) is 20.3 Å². The molecule has 0 amide bonds. The summed E-state index contributed by atoms with van der Waals surface area (Å²) in [6.45, 7) is 5.20. The quantitative estimate of drug-likeness (QED) is 0.591. The van der Waals surface area contributed by atoms with E-state index in [1.807, 2.05) is 0 Å². The lowest BCUT2D eigenvalue weighted by Crippen LogP contribution is -2.15. The fraction of sp³-hybridized carbons (Fsp3) is 0.875. The number of ether oxygens (including phenoxy) is 1. The first-order chi connectivity index (χ1) is 5.06. The highest BCUT2D eigenvalue weighted by atomic mass is 19.1. The molecule has 0 heterocycles. The Bertz CT molecular complexity index is 123. The van der Waals surface area contributed by atoms with Crippen molar-refractivity contribution in [3.05, 3.63) is 0 Å². The van der Waals surface area contributed by atoms with Gasteiger partial charge in [0.05, 0.1) is 12.5 Å². The van der Waals surface area contributed by atoms with E-state index in [0.29, 0.717) is 6.42 Å². The normalized spacial score (nSPS) is 13.2. The van der Waals surface area contributed by atoms with Gasteiger partial charge in [0.25, 0.3) is 0 Å². The van der Waals surface area contributed by atoms with Crippen LogP contribution in [0.15, 0.2) is 0 Å². The van der Waals surface area contributed by atoms with Crippen LogP contribution < -0.4 is 0 Å². The fourth-order valence-corrected chi connectivity index (χ4v) is 0.636. The molecule has 0 unspecified atom stereocenters. The highest BCUT2D eigenvalue weighted by molar-refractivity contribution is 5.70. The van der Waals surface area contributed by atoms with Gasteiger partial charge < -0.3 is 4.74 Å². The average molecular weight is 162 g/mol. The number of hydrogen-bond donors (Lipinski definition) is 0. The van der Waals surface area contributed by atoms with E-state index in [9.17, 15) is 9.18 Å². The Balaban J connectivity index is 3.52. The number of alkyl halides is 1. The first-order valence-corrected chi connectivity index (χ1v) is 3.89. The summed E-state index contributed by atoms with van der Waals surface area (Å²) in [6.07, 6.45) is -0.949. The second kappa shape index (κ2) is 5.10. The number of rotatable bonds is 4. The second-order valence-corrected chi connectivity index (χ2v) is 2.75. The van der Waals surface area contributed by atoms with Crippen molar-refractivity contribution in [2.24, 2.45) is 0 Å². The zero-order valence-electron chi connectivity index (χ0n) is 7.26. The summed E-state index contributed by atoms with van der Waals surface area (Å²) in [4.78, 5) is 10.8. The van der Waals surface area contributed by atoms with Gasteiger partial charge in [0, 0.05) is 0 Å². The Kier molecular flexibility index (Phi) is 4.83. The van der Waals surface area contributed by atoms with E-state index in [1.165, 1.54) is 0 Å². The SMILES string of the molecule is CC[C@H](F)CC(=O)OC(C)C. The van der Waals surface area contributed by atoms with E-state index < -0.39 is 12.1 Å². The van der Waals surface area contributed by atoms with Gasteiger partial charge in [-0.15, -0.1) is 0 Å². The third-order valence-corrected chi connectivity index (χ3v) is 1.20. The lowest BCUT2D eigenvalue weighted by Gasteiger charge is -2.08. The second-order valence-electron chi connectivity index (χ2n) is 2.75. The van der Waals surface area contributed by atoms with Gasteiger partial charge in [0.2, 0.25) is 0 Å². The van der Waals surface area contributed by atoms with Crippen LogP contribution in [0.3, 0.4) is 0 Å². The maximum Gasteiger partial charge on any atom is 0.308 e. The van der Waals surface area contributed by atoms with E-state index in [4.69, 9.17) is 4.74 Å². The molecule has 1 atom stereocenters. The van der Waals surface area contributed by atoms with Gasteiger partial charge in [-0.2, -0.15) is 0 Å². The summed E-state index contributed by atoms with van der Waals surface area (Å²) in [6, 6.07) is 0. The van der Waals surface area contributed by atoms with Crippen molar-refractivity contribution in [3.63, 3.8) is 0 Å². The smallest absolute Gasteiger partial charge is 0.308 e. The molecule has 0 aliphatic carbocycles. The third-order valence-electron chi connectivity index (χ3n) is 1.20. The summed E-state index contributed by atoms with van der Waals surface area (Å²) < 4.78 is 17.3. The van der Waals surface area contributed by atoms with Crippen molar-refractivity contribution in [3.8, 4) is 0 Å². The van der Waals surface area contributed by atoms with Crippen LogP contribution in [-0.4, -0.2) is 18.2 Å². The van der Waals surface area contributed by atoms with Crippen molar-refractivity contribution >= 4 is 5.97 Å². The van der Waals surface area contributed by atoms with E-state index in [1.54, 1.807) is 20.8 Å². The molecule has 0 aromatic rings. The average Bonchev–Trinajstić information content (AvgIpc) is 1.85. The number of halogens is 1. The molecule has 0 bridgehead atoms. The number of carbonyl (C=O) groups is 1. The van der Waals surface area contributed by atoms with Crippen LogP contribution in [0, 0.1) is 0 Å². The molecule has 0 radical (unpaired) electrons. The first kappa shape index (κ1) is 10.4. The molecule has 11 heavy (non-hydrogen) atoms. The van der Waals surface area contributed by atoms with Gasteiger partial charge in [-0.3, -0.25) is 4.79 Å². The van der Waals surface area contributed by atoms with E-state index >= 15 is 0 Å². The molecule has 2 nitrogen and oxygen atoms in total. The molecule has 0 N–H and O–H groups in total. The Hall–Kier alpha value is -0.600. The van der Waals surface area contributed by atoms with Crippen molar-refractivity contribution < 1.29 is 13.9 Å².